The molecular formula is C30H27F6N3O4. The van der Waals surface area contributed by atoms with Crippen LogP contribution < -0.4 is 5.32 Å². The molecule has 2 aromatic heterocycles. The molecule has 0 amide bonds. The summed E-state index contributed by atoms with van der Waals surface area (Å²) >= 11 is 0. The second-order valence-corrected chi connectivity index (χ2v) is 9.12. The Balaban J connectivity index is 1.05. The Morgan fingerprint density at radius 1 is 0.605 bits per heavy atom. The Morgan fingerprint density at radius 3 is 1.37 bits per heavy atom. The third kappa shape index (κ3) is 10.5. The highest BCUT2D eigenvalue weighted by Crippen LogP contribution is 2.30. The molecule has 0 unspecified atom stereocenters. The number of nitrogens with zero attached hydrogens (tertiary/aromatic N) is 2. The van der Waals surface area contributed by atoms with Crippen LogP contribution >= 0.6 is 0 Å². The van der Waals surface area contributed by atoms with Crippen molar-refractivity contribution in [2.75, 3.05) is 26.3 Å². The van der Waals surface area contributed by atoms with Crippen molar-refractivity contribution in [3.05, 3.63) is 106 Å². The van der Waals surface area contributed by atoms with E-state index in [0.717, 1.165) is 24.3 Å². The van der Waals surface area contributed by atoms with Crippen molar-refractivity contribution in [2.45, 2.75) is 25.6 Å². The van der Waals surface area contributed by atoms with Crippen LogP contribution in [0.2, 0.25) is 0 Å². The first-order chi connectivity index (χ1) is 20.6. The molecule has 0 bridgehead atoms. The second kappa shape index (κ2) is 14.8. The van der Waals surface area contributed by atoms with Crippen LogP contribution in [0.15, 0.2) is 69.9 Å². The predicted molar refractivity (Wildman–Crippen MR) is 146 cm³/mol. The van der Waals surface area contributed by atoms with E-state index < -0.39 is 23.5 Å². The molecule has 0 spiro atoms. The zero-order valence-electron chi connectivity index (χ0n) is 22.6. The molecule has 0 saturated carbocycles. The molecule has 0 radical (unpaired) electrons. The number of halogens is 6. The fourth-order valence-corrected chi connectivity index (χ4v) is 3.60. The number of hydrogen-bond acceptors (Lipinski definition) is 7. The summed E-state index contributed by atoms with van der Waals surface area (Å²) in [5, 5.41) is 3.17. The molecule has 0 aliphatic carbocycles. The Bertz CT molecular complexity index is 1360. The maximum atomic E-state index is 12.6. The summed E-state index contributed by atoms with van der Waals surface area (Å²) in [7, 11) is 0. The molecule has 7 nitrogen and oxygen atoms in total. The Morgan fingerprint density at radius 2 is 1.00 bits per heavy atom. The van der Waals surface area contributed by atoms with Gasteiger partial charge in [-0.1, -0.05) is 24.3 Å². The summed E-state index contributed by atoms with van der Waals surface area (Å²) in [6.07, 6.45) is 0.489. The number of ether oxygens (including phenoxy) is 2. The zero-order valence-corrected chi connectivity index (χ0v) is 22.6. The molecule has 0 aliphatic rings. The van der Waals surface area contributed by atoms with Crippen molar-refractivity contribution in [1.29, 1.82) is 0 Å². The molecular weight excluding hydrogens is 580 g/mol. The molecule has 4 aromatic rings. The third-order valence-corrected chi connectivity index (χ3v) is 5.80. The molecule has 0 atom stereocenters. The summed E-state index contributed by atoms with van der Waals surface area (Å²) in [6, 6.07) is 9.52. The molecule has 2 heterocycles. The second-order valence-electron chi connectivity index (χ2n) is 9.12. The SMILES string of the molecule is FC(F)(F)c1ccc(/C=C/c2nc(COCCNCCOCc3coc(/C=C/c4ccc(C(F)(F)F)cc4)n3)co2)cc1. The van der Waals surface area contributed by atoms with Gasteiger partial charge in [-0.2, -0.15) is 26.3 Å². The number of oxazole rings is 2. The van der Waals surface area contributed by atoms with Gasteiger partial charge in [-0.25, -0.2) is 9.97 Å². The number of rotatable bonds is 14. The van der Waals surface area contributed by atoms with E-state index in [4.69, 9.17) is 18.3 Å². The summed E-state index contributed by atoms with van der Waals surface area (Å²) < 4.78 is 97.7. The highest BCUT2D eigenvalue weighted by atomic mass is 19.4. The van der Waals surface area contributed by atoms with E-state index in [1.807, 2.05) is 0 Å². The van der Waals surface area contributed by atoms with Crippen molar-refractivity contribution in [2.24, 2.45) is 0 Å². The molecule has 0 fully saturated rings. The Hall–Kier alpha value is -4.20. The van der Waals surface area contributed by atoms with E-state index >= 15 is 0 Å². The van der Waals surface area contributed by atoms with Gasteiger partial charge in [-0.3, -0.25) is 0 Å². The van der Waals surface area contributed by atoms with E-state index in [1.165, 1.54) is 36.8 Å². The molecule has 43 heavy (non-hydrogen) atoms. The first-order valence-electron chi connectivity index (χ1n) is 13.0. The summed E-state index contributed by atoms with van der Waals surface area (Å²) in [4.78, 5) is 8.51. The van der Waals surface area contributed by atoms with Crippen LogP contribution in [-0.2, 0) is 35.0 Å². The molecule has 2 aromatic carbocycles. The van der Waals surface area contributed by atoms with Crippen LogP contribution in [0.3, 0.4) is 0 Å². The lowest BCUT2D eigenvalue weighted by Crippen LogP contribution is -2.24. The molecule has 0 saturated heterocycles. The summed E-state index contributed by atoms with van der Waals surface area (Å²) in [5.74, 6) is 0.617. The minimum atomic E-state index is -4.38. The van der Waals surface area contributed by atoms with Gasteiger partial charge in [0.2, 0.25) is 11.8 Å². The van der Waals surface area contributed by atoms with E-state index in [0.29, 0.717) is 60.6 Å². The minimum absolute atomic E-state index is 0.234. The van der Waals surface area contributed by atoms with Gasteiger partial charge in [-0.15, -0.1) is 0 Å². The average molecular weight is 608 g/mol. The number of alkyl halides is 6. The quantitative estimate of drug-likeness (QED) is 0.118. The van der Waals surface area contributed by atoms with E-state index in [2.05, 4.69) is 15.3 Å². The lowest BCUT2D eigenvalue weighted by Gasteiger charge is -2.05. The largest absolute Gasteiger partial charge is 0.445 e. The standard InChI is InChI=1S/C30H27F6N3O4/c31-29(32,33)23-7-1-21(2-8-23)5-11-27-38-25(19-42-27)17-40-15-13-37-14-16-41-18-26-20-43-28(39-26)12-6-22-3-9-24(10-4-22)30(34,35)36/h1-12,19-20,37H,13-18H2/b11-5+,12-6+. The maximum Gasteiger partial charge on any atom is 0.416 e. The molecule has 1 N–H and O–H groups in total. The summed E-state index contributed by atoms with van der Waals surface area (Å²) in [6.45, 7) is 2.45. The molecule has 0 aliphatic heterocycles. The van der Waals surface area contributed by atoms with Gasteiger partial charge in [-0.05, 0) is 47.5 Å². The third-order valence-electron chi connectivity index (χ3n) is 5.80. The van der Waals surface area contributed by atoms with Crippen LogP contribution in [-0.4, -0.2) is 36.3 Å². The van der Waals surface area contributed by atoms with Crippen LogP contribution in [0.1, 0.15) is 45.4 Å². The van der Waals surface area contributed by atoms with Gasteiger partial charge in [0.05, 0.1) is 37.6 Å². The topological polar surface area (TPSA) is 82.5 Å². The first-order valence-corrected chi connectivity index (χ1v) is 13.0. The van der Waals surface area contributed by atoms with Crippen molar-refractivity contribution in [1.82, 2.24) is 15.3 Å². The smallest absolute Gasteiger partial charge is 0.416 e. The predicted octanol–water partition coefficient (Wildman–Crippen LogP) is 7.36. The van der Waals surface area contributed by atoms with Gasteiger partial charge in [0, 0.05) is 25.2 Å². The number of aromatic nitrogens is 2. The fraction of sp³-hybridized carbons (Fsp3) is 0.267. The van der Waals surface area contributed by atoms with Crippen molar-refractivity contribution < 1.29 is 44.7 Å². The zero-order chi connectivity index (χ0) is 30.7. The van der Waals surface area contributed by atoms with Crippen LogP contribution in [0, 0.1) is 0 Å². The van der Waals surface area contributed by atoms with E-state index in [1.54, 1.807) is 24.3 Å². The molecule has 228 valence electrons. The maximum absolute atomic E-state index is 12.6. The lowest BCUT2D eigenvalue weighted by molar-refractivity contribution is -0.138. The minimum Gasteiger partial charge on any atom is -0.445 e. The van der Waals surface area contributed by atoms with Crippen LogP contribution in [0.5, 0.6) is 0 Å². The van der Waals surface area contributed by atoms with Gasteiger partial charge in [0.25, 0.3) is 0 Å². The fourth-order valence-electron chi connectivity index (χ4n) is 3.60. The van der Waals surface area contributed by atoms with E-state index in [9.17, 15) is 26.3 Å². The molecule has 4 rings (SSSR count). The van der Waals surface area contributed by atoms with Gasteiger partial charge in [0.15, 0.2) is 0 Å². The van der Waals surface area contributed by atoms with Crippen molar-refractivity contribution in [3.63, 3.8) is 0 Å². The first kappa shape index (κ1) is 31.7. The number of nitrogens with one attached hydrogen (secondary N) is 1. The lowest BCUT2D eigenvalue weighted by atomic mass is 10.1. The highest BCUT2D eigenvalue weighted by molar-refractivity contribution is 5.66. The Labute approximate surface area is 242 Å². The monoisotopic (exact) mass is 607 g/mol. The van der Waals surface area contributed by atoms with Crippen LogP contribution in [0.25, 0.3) is 24.3 Å². The van der Waals surface area contributed by atoms with E-state index in [-0.39, 0.29) is 13.2 Å². The summed E-state index contributed by atoms with van der Waals surface area (Å²) in [5.41, 5.74) is 0.899. The van der Waals surface area contributed by atoms with Gasteiger partial charge in [0.1, 0.15) is 23.9 Å². The van der Waals surface area contributed by atoms with Crippen molar-refractivity contribution in [3.8, 4) is 0 Å². The Kier molecular flexibility index (Phi) is 10.9. The van der Waals surface area contributed by atoms with Gasteiger partial charge < -0.3 is 23.6 Å². The van der Waals surface area contributed by atoms with Crippen molar-refractivity contribution >= 4 is 24.3 Å². The highest BCUT2D eigenvalue weighted by Gasteiger charge is 2.30. The number of hydrogen-bond donors (Lipinski definition) is 1. The van der Waals surface area contributed by atoms with Crippen LogP contribution in [0.4, 0.5) is 26.3 Å². The normalized spacial score (nSPS) is 12.6. The van der Waals surface area contributed by atoms with Gasteiger partial charge >= 0.3 is 12.4 Å². The number of benzene rings is 2. The molecule has 13 heteroatoms. The average Bonchev–Trinajstić information content (AvgIpc) is 3.63.